The Morgan fingerprint density at radius 3 is 2.68 bits per heavy atom. The first-order chi connectivity index (χ1) is 10.7. The summed E-state index contributed by atoms with van der Waals surface area (Å²) < 4.78 is 4.61. The van der Waals surface area contributed by atoms with Crippen LogP contribution >= 0.6 is 0 Å². The number of esters is 1. The smallest absolute Gasteiger partial charge is 0.305 e. The third kappa shape index (κ3) is 6.88. The number of methoxy groups -OCH3 is 1. The van der Waals surface area contributed by atoms with Crippen LogP contribution in [0, 0.1) is 5.92 Å². The van der Waals surface area contributed by atoms with Crippen molar-refractivity contribution in [3.8, 4) is 0 Å². The van der Waals surface area contributed by atoms with Gasteiger partial charge in [0.15, 0.2) is 5.78 Å². The van der Waals surface area contributed by atoms with Gasteiger partial charge < -0.3 is 4.74 Å². The predicted molar refractivity (Wildman–Crippen MR) is 89.5 cm³/mol. The first-order valence-corrected chi connectivity index (χ1v) is 8.35. The van der Waals surface area contributed by atoms with E-state index in [1.165, 1.54) is 13.5 Å². The number of carbonyl (C=O) groups is 2. The summed E-state index contributed by atoms with van der Waals surface area (Å²) in [5.41, 5.74) is 0.918. The van der Waals surface area contributed by atoms with Crippen LogP contribution in [-0.2, 0) is 14.3 Å². The van der Waals surface area contributed by atoms with Gasteiger partial charge in [-0.05, 0) is 31.8 Å². The van der Waals surface area contributed by atoms with Gasteiger partial charge in [0.2, 0.25) is 0 Å². The van der Waals surface area contributed by atoms with Crippen LogP contribution in [0.5, 0.6) is 0 Å². The Hall–Kier alpha value is -1.64. The first kappa shape index (κ1) is 18.4. The van der Waals surface area contributed by atoms with Crippen molar-refractivity contribution in [2.24, 2.45) is 5.92 Å². The average molecular weight is 304 g/mol. The van der Waals surface area contributed by atoms with E-state index in [1.807, 2.05) is 18.2 Å². The van der Waals surface area contributed by atoms with Crippen LogP contribution in [0.1, 0.15) is 58.3 Å². The van der Waals surface area contributed by atoms with E-state index in [0.29, 0.717) is 12.3 Å². The molecule has 0 saturated carbocycles. The summed E-state index contributed by atoms with van der Waals surface area (Å²) in [7, 11) is 1.43. The minimum atomic E-state index is -0.114. The zero-order chi connectivity index (χ0) is 16.2. The van der Waals surface area contributed by atoms with Gasteiger partial charge in [-0.25, -0.2) is 0 Å². The lowest BCUT2D eigenvalue weighted by molar-refractivity contribution is -0.140. The lowest BCUT2D eigenvalue weighted by Gasteiger charge is -2.04. The number of ether oxygens (including phenoxy) is 1. The summed E-state index contributed by atoms with van der Waals surface area (Å²) in [6, 6.07) is 0. The minimum absolute atomic E-state index is 0.114. The van der Waals surface area contributed by atoms with Crippen molar-refractivity contribution in [3.63, 3.8) is 0 Å². The molecule has 0 spiro atoms. The van der Waals surface area contributed by atoms with Crippen LogP contribution in [0.2, 0.25) is 0 Å². The largest absolute Gasteiger partial charge is 0.469 e. The normalized spacial score (nSPS) is 19.5. The van der Waals surface area contributed by atoms with Gasteiger partial charge in [-0.15, -0.1) is 0 Å². The number of ketones is 1. The van der Waals surface area contributed by atoms with Crippen molar-refractivity contribution in [1.29, 1.82) is 0 Å². The van der Waals surface area contributed by atoms with Gasteiger partial charge in [-0.2, -0.15) is 0 Å². The van der Waals surface area contributed by atoms with Crippen LogP contribution in [0.25, 0.3) is 0 Å². The fourth-order valence-corrected chi connectivity index (χ4v) is 2.58. The molecule has 0 fully saturated rings. The standard InChI is InChI=1S/C19H28O3/c1-3-16-14-15-18(20)17(16)12-10-8-6-4-5-7-9-11-13-19(21)22-2/h8,10,12,14-16H,3-7,9,11,13H2,1-2H3/b10-8-,17-12+. The number of allylic oxidation sites excluding steroid dienone is 6. The van der Waals surface area contributed by atoms with E-state index in [1.54, 1.807) is 6.08 Å². The fourth-order valence-electron chi connectivity index (χ4n) is 2.58. The molecule has 1 unspecified atom stereocenters. The van der Waals surface area contributed by atoms with Crippen molar-refractivity contribution in [2.75, 3.05) is 7.11 Å². The quantitative estimate of drug-likeness (QED) is 0.338. The number of hydrogen-bond acceptors (Lipinski definition) is 3. The molecule has 3 nitrogen and oxygen atoms in total. The molecule has 0 aromatic rings. The zero-order valence-corrected chi connectivity index (χ0v) is 13.8. The van der Waals surface area contributed by atoms with E-state index in [2.05, 4.69) is 17.7 Å². The molecule has 0 aliphatic heterocycles. The van der Waals surface area contributed by atoms with E-state index >= 15 is 0 Å². The summed E-state index contributed by atoms with van der Waals surface area (Å²) in [4.78, 5) is 22.6. The highest BCUT2D eigenvalue weighted by Gasteiger charge is 2.20. The molecule has 0 aromatic carbocycles. The molecule has 0 saturated heterocycles. The molecule has 0 amide bonds. The SMILES string of the molecule is CCC1C=CC(=O)/C1=C/C=C\CCCCCCCC(=O)OC. The molecule has 0 heterocycles. The predicted octanol–water partition coefficient (Wildman–Crippen LogP) is 4.54. The van der Waals surface area contributed by atoms with Crippen molar-refractivity contribution < 1.29 is 14.3 Å². The van der Waals surface area contributed by atoms with Crippen molar-refractivity contribution in [3.05, 3.63) is 36.0 Å². The molecule has 122 valence electrons. The van der Waals surface area contributed by atoms with E-state index in [-0.39, 0.29) is 11.8 Å². The van der Waals surface area contributed by atoms with Gasteiger partial charge in [0.1, 0.15) is 0 Å². The fraction of sp³-hybridized carbons (Fsp3) is 0.579. The molecule has 1 aliphatic rings. The van der Waals surface area contributed by atoms with E-state index in [4.69, 9.17) is 0 Å². The summed E-state index contributed by atoms with van der Waals surface area (Å²) in [6.07, 6.45) is 17.8. The zero-order valence-electron chi connectivity index (χ0n) is 13.8. The van der Waals surface area contributed by atoms with Gasteiger partial charge in [0.25, 0.3) is 0 Å². The number of unbranched alkanes of at least 4 members (excludes halogenated alkanes) is 5. The molecular weight excluding hydrogens is 276 g/mol. The lowest BCUT2D eigenvalue weighted by Crippen LogP contribution is -2.00. The second-order valence-electron chi connectivity index (χ2n) is 5.67. The Labute approximate surface area is 134 Å². The van der Waals surface area contributed by atoms with Crippen molar-refractivity contribution in [1.82, 2.24) is 0 Å². The Morgan fingerprint density at radius 1 is 1.23 bits per heavy atom. The topological polar surface area (TPSA) is 43.4 Å². The Kier molecular flexibility index (Phi) is 9.20. The molecule has 0 radical (unpaired) electrons. The van der Waals surface area contributed by atoms with Crippen LogP contribution in [-0.4, -0.2) is 18.9 Å². The maximum atomic E-state index is 11.7. The highest BCUT2D eigenvalue weighted by molar-refractivity contribution is 6.07. The van der Waals surface area contributed by atoms with Crippen LogP contribution < -0.4 is 0 Å². The van der Waals surface area contributed by atoms with E-state index in [0.717, 1.165) is 44.1 Å². The van der Waals surface area contributed by atoms with Crippen LogP contribution in [0.15, 0.2) is 36.0 Å². The first-order valence-electron chi connectivity index (χ1n) is 8.35. The summed E-state index contributed by atoms with van der Waals surface area (Å²) in [5, 5.41) is 0. The average Bonchev–Trinajstić information content (AvgIpc) is 2.89. The Morgan fingerprint density at radius 2 is 1.95 bits per heavy atom. The molecule has 3 heteroatoms. The molecule has 0 N–H and O–H groups in total. The van der Waals surface area contributed by atoms with Crippen LogP contribution in [0.3, 0.4) is 0 Å². The molecule has 1 rings (SSSR count). The number of hydrogen-bond donors (Lipinski definition) is 0. The third-order valence-electron chi connectivity index (χ3n) is 3.99. The van der Waals surface area contributed by atoms with Gasteiger partial charge in [0, 0.05) is 17.9 Å². The lowest BCUT2D eigenvalue weighted by atomic mass is 9.99. The van der Waals surface area contributed by atoms with Crippen molar-refractivity contribution in [2.45, 2.75) is 58.3 Å². The van der Waals surface area contributed by atoms with E-state index in [9.17, 15) is 9.59 Å². The van der Waals surface area contributed by atoms with Gasteiger partial charge >= 0.3 is 5.97 Å². The maximum Gasteiger partial charge on any atom is 0.305 e. The molecule has 1 aliphatic carbocycles. The van der Waals surface area contributed by atoms with Gasteiger partial charge in [-0.3, -0.25) is 9.59 Å². The molecular formula is C19H28O3. The Balaban J connectivity index is 2.07. The monoisotopic (exact) mass is 304 g/mol. The molecule has 22 heavy (non-hydrogen) atoms. The highest BCUT2D eigenvalue weighted by Crippen LogP contribution is 2.24. The van der Waals surface area contributed by atoms with E-state index < -0.39 is 0 Å². The summed E-state index contributed by atoms with van der Waals surface area (Å²) in [6.45, 7) is 2.10. The summed E-state index contributed by atoms with van der Waals surface area (Å²) in [5.74, 6) is 0.339. The number of rotatable bonds is 10. The molecule has 0 aromatic heterocycles. The second-order valence-corrected chi connectivity index (χ2v) is 5.67. The van der Waals surface area contributed by atoms with Gasteiger partial charge in [0.05, 0.1) is 7.11 Å². The Bertz CT molecular complexity index is 444. The second kappa shape index (κ2) is 11.0. The molecule has 0 bridgehead atoms. The molecule has 1 atom stereocenters. The maximum absolute atomic E-state index is 11.7. The third-order valence-corrected chi connectivity index (χ3v) is 3.99. The summed E-state index contributed by atoms with van der Waals surface area (Å²) >= 11 is 0. The highest BCUT2D eigenvalue weighted by atomic mass is 16.5. The number of carbonyl (C=O) groups excluding carboxylic acids is 2. The van der Waals surface area contributed by atoms with Gasteiger partial charge in [-0.1, -0.05) is 50.5 Å². The van der Waals surface area contributed by atoms with Crippen LogP contribution in [0.4, 0.5) is 0 Å². The van der Waals surface area contributed by atoms with Crippen molar-refractivity contribution >= 4 is 11.8 Å². The minimum Gasteiger partial charge on any atom is -0.469 e.